The van der Waals surface area contributed by atoms with E-state index in [1.807, 2.05) is 42.5 Å². The highest BCUT2D eigenvalue weighted by Gasteiger charge is 2.19. The Morgan fingerprint density at radius 2 is 1.77 bits per heavy atom. The first-order chi connectivity index (χ1) is 12.5. The molecule has 0 aliphatic carbocycles. The highest BCUT2D eigenvalue weighted by atomic mass is 35.5. The lowest BCUT2D eigenvalue weighted by Crippen LogP contribution is -2.24. The van der Waals surface area contributed by atoms with Crippen LogP contribution in [0.2, 0.25) is 5.02 Å². The van der Waals surface area contributed by atoms with Crippen LogP contribution in [0.1, 0.15) is 5.69 Å². The second-order valence-corrected chi connectivity index (χ2v) is 6.90. The largest absolute Gasteiger partial charge is 0.348 e. The van der Waals surface area contributed by atoms with Crippen LogP contribution in [0.15, 0.2) is 60.7 Å². The number of nitrogens with zero attached hydrogens (tertiary/aromatic N) is 3. The third-order valence-corrected chi connectivity index (χ3v) is 4.78. The smallest absolute Gasteiger partial charge is 0.228 e. The molecule has 0 aliphatic rings. The topological polar surface area (TPSA) is 37.6 Å². The number of amides is 1. The molecule has 2 aromatic heterocycles. The predicted octanol–water partition coefficient (Wildman–Crippen LogP) is 4.44. The maximum Gasteiger partial charge on any atom is 0.228 e. The highest BCUT2D eigenvalue weighted by Crippen LogP contribution is 2.29. The van der Waals surface area contributed by atoms with E-state index in [1.165, 1.54) is 0 Å². The van der Waals surface area contributed by atoms with Gasteiger partial charge in [0, 0.05) is 24.7 Å². The molecule has 1 amide bonds. The van der Waals surface area contributed by atoms with E-state index in [-0.39, 0.29) is 12.3 Å². The monoisotopic (exact) mass is 363 g/mol. The first-order valence-electron chi connectivity index (χ1n) is 8.40. The molecule has 130 valence electrons. The molecule has 2 heterocycles. The number of para-hydroxylation sites is 1. The SMILES string of the molecule is CN(C)C(=O)Cc1c(-c2ccc(Cl)cc2)nc2ccc3ccccc3n12. The van der Waals surface area contributed by atoms with E-state index < -0.39 is 0 Å². The number of fused-ring (bicyclic) bond motifs is 3. The molecule has 0 radical (unpaired) electrons. The van der Waals surface area contributed by atoms with Gasteiger partial charge in [0.15, 0.2) is 0 Å². The third kappa shape index (κ3) is 2.82. The molecule has 26 heavy (non-hydrogen) atoms. The molecule has 0 N–H and O–H groups in total. The van der Waals surface area contributed by atoms with Crippen molar-refractivity contribution in [1.29, 1.82) is 0 Å². The quantitative estimate of drug-likeness (QED) is 0.539. The molecule has 0 saturated heterocycles. The molecule has 4 nitrogen and oxygen atoms in total. The summed E-state index contributed by atoms with van der Waals surface area (Å²) in [4.78, 5) is 18.9. The molecule has 0 spiro atoms. The first-order valence-corrected chi connectivity index (χ1v) is 8.77. The van der Waals surface area contributed by atoms with E-state index in [9.17, 15) is 4.79 Å². The Bertz CT molecular complexity index is 1110. The normalized spacial score (nSPS) is 11.2. The minimum absolute atomic E-state index is 0.0370. The Labute approximate surface area is 156 Å². The van der Waals surface area contributed by atoms with Gasteiger partial charge in [-0.25, -0.2) is 4.98 Å². The lowest BCUT2D eigenvalue weighted by atomic mass is 10.1. The van der Waals surface area contributed by atoms with E-state index in [1.54, 1.807) is 19.0 Å². The van der Waals surface area contributed by atoms with Gasteiger partial charge in [0.05, 0.1) is 23.3 Å². The third-order valence-electron chi connectivity index (χ3n) is 4.52. The fourth-order valence-corrected chi connectivity index (χ4v) is 3.28. The van der Waals surface area contributed by atoms with Crippen molar-refractivity contribution < 1.29 is 4.79 Å². The zero-order valence-corrected chi connectivity index (χ0v) is 15.4. The summed E-state index contributed by atoms with van der Waals surface area (Å²) in [6.45, 7) is 0. The van der Waals surface area contributed by atoms with Crippen LogP contribution in [0.25, 0.3) is 27.8 Å². The summed E-state index contributed by atoms with van der Waals surface area (Å²) >= 11 is 6.04. The number of rotatable bonds is 3. The van der Waals surface area contributed by atoms with Crippen molar-refractivity contribution in [3.63, 3.8) is 0 Å². The Morgan fingerprint density at radius 1 is 1.04 bits per heavy atom. The van der Waals surface area contributed by atoms with Gasteiger partial charge in [-0.3, -0.25) is 9.20 Å². The maximum absolute atomic E-state index is 12.5. The molecule has 0 fully saturated rings. The number of halogens is 1. The number of carbonyl (C=O) groups excluding carboxylic acids is 1. The first kappa shape index (κ1) is 16.6. The van der Waals surface area contributed by atoms with E-state index in [0.29, 0.717) is 5.02 Å². The second kappa shape index (κ2) is 6.46. The van der Waals surface area contributed by atoms with Crippen molar-refractivity contribution in [2.24, 2.45) is 0 Å². The Morgan fingerprint density at radius 3 is 2.50 bits per heavy atom. The fraction of sp³-hybridized carbons (Fsp3) is 0.143. The molecule has 0 atom stereocenters. The molecule has 0 unspecified atom stereocenters. The summed E-state index contributed by atoms with van der Waals surface area (Å²) in [6.07, 6.45) is 0.278. The lowest BCUT2D eigenvalue weighted by molar-refractivity contribution is -0.128. The van der Waals surface area contributed by atoms with Crippen LogP contribution in [0.3, 0.4) is 0 Å². The van der Waals surface area contributed by atoms with E-state index in [2.05, 4.69) is 22.6 Å². The van der Waals surface area contributed by atoms with E-state index >= 15 is 0 Å². The molecule has 4 rings (SSSR count). The number of likely N-dealkylation sites (N-methyl/N-ethyl adjacent to an activating group) is 1. The van der Waals surface area contributed by atoms with Crippen molar-refractivity contribution in [1.82, 2.24) is 14.3 Å². The minimum Gasteiger partial charge on any atom is -0.348 e. The zero-order valence-electron chi connectivity index (χ0n) is 14.6. The number of hydrogen-bond acceptors (Lipinski definition) is 2. The Kier molecular flexibility index (Phi) is 4.13. The van der Waals surface area contributed by atoms with Gasteiger partial charge in [-0.2, -0.15) is 0 Å². The summed E-state index contributed by atoms with van der Waals surface area (Å²) in [7, 11) is 3.54. The van der Waals surface area contributed by atoms with Crippen LogP contribution in [0.5, 0.6) is 0 Å². The Balaban J connectivity index is 2.02. The number of benzene rings is 2. The minimum atomic E-state index is 0.0370. The van der Waals surface area contributed by atoms with Crippen LogP contribution >= 0.6 is 11.6 Å². The number of aromatic nitrogens is 2. The molecule has 5 heteroatoms. The molecule has 0 saturated carbocycles. The van der Waals surface area contributed by atoms with Crippen molar-refractivity contribution in [3.8, 4) is 11.3 Å². The number of hydrogen-bond donors (Lipinski definition) is 0. The molecule has 0 bridgehead atoms. The van der Waals surface area contributed by atoms with Crippen molar-refractivity contribution in [2.75, 3.05) is 14.1 Å². The van der Waals surface area contributed by atoms with Gasteiger partial charge in [-0.15, -0.1) is 0 Å². The summed E-state index contributed by atoms with van der Waals surface area (Å²) < 4.78 is 2.08. The summed E-state index contributed by atoms with van der Waals surface area (Å²) in [5, 5.41) is 1.78. The average molecular weight is 364 g/mol. The van der Waals surface area contributed by atoms with Crippen LogP contribution in [-0.4, -0.2) is 34.3 Å². The molecular weight excluding hydrogens is 346 g/mol. The average Bonchev–Trinajstić information content (AvgIpc) is 3.01. The van der Waals surface area contributed by atoms with Gasteiger partial charge in [0.25, 0.3) is 0 Å². The molecular formula is C21H18ClN3O. The number of pyridine rings is 1. The van der Waals surface area contributed by atoms with Crippen molar-refractivity contribution in [3.05, 3.63) is 71.4 Å². The molecule has 0 aliphatic heterocycles. The van der Waals surface area contributed by atoms with Gasteiger partial charge < -0.3 is 4.90 Å². The van der Waals surface area contributed by atoms with Gasteiger partial charge in [-0.05, 0) is 35.7 Å². The van der Waals surface area contributed by atoms with Crippen LogP contribution in [0, 0.1) is 0 Å². The molecule has 2 aromatic carbocycles. The van der Waals surface area contributed by atoms with E-state index in [4.69, 9.17) is 16.6 Å². The second-order valence-electron chi connectivity index (χ2n) is 6.46. The van der Waals surface area contributed by atoms with Crippen LogP contribution in [0.4, 0.5) is 0 Å². The lowest BCUT2D eigenvalue weighted by Gasteiger charge is -2.12. The van der Waals surface area contributed by atoms with Crippen LogP contribution in [-0.2, 0) is 11.2 Å². The maximum atomic E-state index is 12.5. The summed E-state index contributed by atoms with van der Waals surface area (Å²) in [5.74, 6) is 0.0370. The fourth-order valence-electron chi connectivity index (χ4n) is 3.15. The summed E-state index contributed by atoms with van der Waals surface area (Å²) in [5.41, 5.74) is 4.52. The van der Waals surface area contributed by atoms with Crippen molar-refractivity contribution in [2.45, 2.75) is 6.42 Å². The highest BCUT2D eigenvalue weighted by molar-refractivity contribution is 6.30. The van der Waals surface area contributed by atoms with Gasteiger partial charge in [0.2, 0.25) is 5.91 Å². The predicted molar refractivity (Wildman–Crippen MR) is 106 cm³/mol. The van der Waals surface area contributed by atoms with Gasteiger partial charge in [0.1, 0.15) is 5.65 Å². The molecule has 4 aromatic rings. The number of imidazole rings is 1. The zero-order chi connectivity index (χ0) is 18.3. The van der Waals surface area contributed by atoms with Gasteiger partial charge in [-0.1, -0.05) is 41.9 Å². The van der Waals surface area contributed by atoms with Crippen LogP contribution < -0.4 is 0 Å². The van der Waals surface area contributed by atoms with E-state index in [0.717, 1.165) is 33.5 Å². The van der Waals surface area contributed by atoms with Gasteiger partial charge >= 0.3 is 0 Å². The van der Waals surface area contributed by atoms with Crippen molar-refractivity contribution >= 4 is 34.1 Å². The Hall–Kier alpha value is -2.85. The number of carbonyl (C=O) groups is 1. The summed E-state index contributed by atoms with van der Waals surface area (Å²) in [6, 6.07) is 19.7. The standard InChI is InChI=1S/C21H18ClN3O/c1-24(2)20(26)13-18-21(15-7-10-16(22)11-8-15)23-19-12-9-14-5-3-4-6-17(14)25(18)19/h3-12H,13H2,1-2H3.